The zero-order valence-electron chi connectivity index (χ0n) is 7.79. The molecule has 1 fully saturated rings. The van der Waals surface area contributed by atoms with Crippen molar-refractivity contribution < 1.29 is 9.53 Å². The van der Waals surface area contributed by atoms with Gasteiger partial charge in [0.05, 0.1) is 12.8 Å². The molecule has 0 bridgehead atoms. The van der Waals surface area contributed by atoms with Crippen LogP contribution in [0.15, 0.2) is 22.8 Å². The third kappa shape index (κ3) is 1.43. The molecule has 0 atom stereocenters. The lowest BCUT2D eigenvalue weighted by molar-refractivity contribution is -0.143. The second-order valence-corrected chi connectivity index (χ2v) is 4.23. The van der Waals surface area contributed by atoms with Gasteiger partial charge in [-0.2, -0.15) is 0 Å². The van der Waals surface area contributed by atoms with Crippen molar-refractivity contribution in [3.63, 3.8) is 0 Å². The number of nitrogens with zero attached hydrogens (tertiary/aromatic N) is 1. The van der Waals surface area contributed by atoms with Gasteiger partial charge in [-0.25, -0.2) is 4.98 Å². The molecule has 0 aromatic carbocycles. The van der Waals surface area contributed by atoms with E-state index in [2.05, 4.69) is 20.9 Å². The maximum absolute atomic E-state index is 11.5. The molecule has 0 aliphatic heterocycles. The molecule has 4 heteroatoms. The molecule has 1 aromatic heterocycles. The summed E-state index contributed by atoms with van der Waals surface area (Å²) in [6, 6.07) is 5.60. The molecular weight excluding hydrogens is 246 g/mol. The minimum absolute atomic E-state index is 0.178. The van der Waals surface area contributed by atoms with E-state index in [0.29, 0.717) is 0 Å². The van der Waals surface area contributed by atoms with Crippen LogP contribution in [0.4, 0.5) is 0 Å². The smallest absolute Gasteiger partial charge is 0.317 e. The van der Waals surface area contributed by atoms with Crippen LogP contribution in [-0.4, -0.2) is 18.1 Å². The lowest BCUT2D eigenvalue weighted by Gasteiger charge is -2.11. The second kappa shape index (κ2) is 3.35. The van der Waals surface area contributed by atoms with Crippen LogP contribution in [0.2, 0.25) is 0 Å². The molecular formula is C10H10BrNO2. The molecule has 2 rings (SSSR count). The molecule has 14 heavy (non-hydrogen) atoms. The highest BCUT2D eigenvalue weighted by molar-refractivity contribution is 9.10. The topological polar surface area (TPSA) is 39.2 Å². The molecule has 0 radical (unpaired) electrons. The summed E-state index contributed by atoms with van der Waals surface area (Å²) in [4.78, 5) is 15.8. The summed E-state index contributed by atoms with van der Waals surface area (Å²) in [7, 11) is 1.42. The zero-order valence-corrected chi connectivity index (χ0v) is 9.37. The fourth-order valence-electron chi connectivity index (χ4n) is 1.56. The Morgan fingerprint density at radius 1 is 1.57 bits per heavy atom. The maximum Gasteiger partial charge on any atom is 0.317 e. The summed E-state index contributed by atoms with van der Waals surface area (Å²) in [5, 5.41) is 0. The highest BCUT2D eigenvalue weighted by atomic mass is 79.9. The molecule has 1 aliphatic rings. The highest BCUT2D eigenvalue weighted by Gasteiger charge is 2.53. The molecule has 1 saturated carbocycles. The largest absolute Gasteiger partial charge is 0.468 e. The normalized spacial score (nSPS) is 17.6. The number of hydrogen-bond acceptors (Lipinski definition) is 3. The summed E-state index contributed by atoms with van der Waals surface area (Å²) in [6.45, 7) is 0. The average molecular weight is 256 g/mol. The molecule has 0 spiro atoms. The molecule has 74 valence electrons. The number of rotatable bonds is 2. The Morgan fingerprint density at radius 2 is 2.29 bits per heavy atom. The van der Waals surface area contributed by atoms with Crippen molar-refractivity contribution in [2.24, 2.45) is 0 Å². The lowest BCUT2D eigenvalue weighted by Crippen LogP contribution is -2.23. The third-order valence-corrected chi connectivity index (χ3v) is 2.97. The van der Waals surface area contributed by atoms with E-state index >= 15 is 0 Å². The van der Waals surface area contributed by atoms with Crippen LogP contribution in [0.25, 0.3) is 0 Å². The number of carbonyl (C=O) groups is 1. The fourth-order valence-corrected chi connectivity index (χ4v) is 1.90. The quantitative estimate of drug-likeness (QED) is 0.600. The van der Waals surface area contributed by atoms with Gasteiger partial charge in [0, 0.05) is 0 Å². The number of carbonyl (C=O) groups excluding carboxylic acids is 1. The van der Waals surface area contributed by atoms with E-state index in [1.165, 1.54) is 7.11 Å². The van der Waals surface area contributed by atoms with Gasteiger partial charge in [0.1, 0.15) is 10.0 Å². The van der Waals surface area contributed by atoms with Crippen LogP contribution in [0.3, 0.4) is 0 Å². The lowest BCUT2D eigenvalue weighted by atomic mass is 10.0. The predicted octanol–water partition coefficient (Wildman–Crippen LogP) is 2.05. The van der Waals surface area contributed by atoms with Crippen molar-refractivity contribution in [2.75, 3.05) is 7.11 Å². The highest BCUT2D eigenvalue weighted by Crippen LogP contribution is 2.48. The maximum atomic E-state index is 11.5. The van der Waals surface area contributed by atoms with Gasteiger partial charge in [-0.3, -0.25) is 4.79 Å². The molecule has 1 aromatic rings. The first-order chi connectivity index (χ1) is 6.69. The fraction of sp³-hybridized carbons (Fsp3) is 0.400. The Labute approximate surface area is 90.6 Å². The molecule has 1 aliphatic carbocycles. The van der Waals surface area contributed by atoms with E-state index in [9.17, 15) is 4.79 Å². The summed E-state index contributed by atoms with van der Waals surface area (Å²) in [5.41, 5.74) is 0.345. The van der Waals surface area contributed by atoms with Crippen LogP contribution in [0.5, 0.6) is 0 Å². The molecule has 1 heterocycles. The van der Waals surface area contributed by atoms with Crippen molar-refractivity contribution in [1.29, 1.82) is 0 Å². The van der Waals surface area contributed by atoms with Crippen LogP contribution in [0.1, 0.15) is 18.5 Å². The molecule has 0 saturated heterocycles. The Morgan fingerprint density at radius 3 is 2.79 bits per heavy atom. The second-order valence-electron chi connectivity index (χ2n) is 3.42. The van der Waals surface area contributed by atoms with Crippen molar-refractivity contribution >= 4 is 21.9 Å². The number of methoxy groups -OCH3 is 1. The minimum Gasteiger partial charge on any atom is -0.468 e. The third-order valence-electron chi connectivity index (χ3n) is 2.53. The van der Waals surface area contributed by atoms with Crippen molar-refractivity contribution in [3.8, 4) is 0 Å². The first-order valence-electron chi connectivity index (χ1n) is 4.40. The monoisotopic (exact) mass is 255 g/mol. The van der Waals surface area contributed by atoms with Crippen LogP contribution in [0, 0.1) is 0 Å². The number of aromatic nitrogens is 1. The van der Waals surface area contributed by atoms with Gasteiger partial charge in [-0.15, -0.1) is 0 Å². The minimum atomic E-state index is -0.460. The predicted molar refractivity (Wildman–Crippen MR) is 54.9 cm³/mol. The summed E-state index contributed by atoms with van der Waals surface area (Å²) < 4.78 is 5.53. The van der Waals surface area contributed by atoms with E-state index in [-0.39, 0.29) is 5.97 Å². The number of ether oxygens (including phenoxy) is 1. The SMILES string of the molecule is COC(=O)C1(c2cccc(Br)n2)CC1. The number of esters is 1. The molecule has 3 nitrogen and oxygen atoms in total. The van der Waals surface area contributed by atoms with E-state index in [1.54, 1.807) is 0 Å². The Bertz CT molecular complexity index is 374. The van der Waals surface area contributed by atoms with Gasteiger partial charge in [0.2, 0.25) is 0 Å². The zero-order chi connectivity index (χ0) is 10.2. The number of halogens is 1. The van der Waals surface area contributed by atoms with Crippen molar-refractivity contribution in [1.82, 2.24) is 4.98 Å². The Balaban J connectivity index is 2.35. The first kappa shape index (κ1) is 9.65. The average Bonchev–Trinajstić information content (AvgIpc) is 2.97. The van der Waals surface area contributed by atoms with Gasteiger partial charge in [0.25, 0.3) is 0 Å². The first-order valence-corrected chi connectivity index (χ1v) is 5.20. The van der Waals surface area contributed by atoms with Gasteiger partial charge in [-0.1, -0.05) is 6.07 Å². The van der Waals surface area contributed by atoms with Gasteiger partial charge < -0.3 is 4.74 Å². The van der Waals surface area contributed by atoms with E-state index in [0.717, 1.165) is 23.1 Å². The summed E-state index contributed by atoms with van der Waals surface area (Å²) >= 11 is 3.29. The molecule has 0 amide bonds. The van der Waals surface area contributed by atoms with E-state index < -0.39 is 5.41 Å². The summed E-state index contributed by atoms with van der Waals surface area (Å²) in [5.74, 6) is -0.178. The standard InChI is InChI=1S/C10H10BrNO2/c1-14-9(13)10(5-6-10)7-3-2-4-8(11)12-7/h2-4H,5-6H2,1H3. The van der Waals surface area contributed by atoms with Crippen LogP contribution in [-0.2, 0) is 14.9 Å². The Hall–Kier alpha value is -0.900. The molecule has 0 N–H and O–H groups in total. The van der Waals surface area contributed by atoms with E-state index in [1.807, 2.05) is 18.2 Å². The number of hydrogen-bond donors (Lipinski definition) is 0. The van der Waals surface area contributed by atoms with Crippen molar-refractivity contribution in [3.05, 3.63) is 28.5 Å². The van der Waals surface area contributed by atoms with E-state index in [4.69, 9.17) is 4.74 Å². The number of pyridine rings is 1. The molecule has 0 unspecified atom stereocenters. The van der Waals surface area contributed by atoms with Gasteiger partial charge >= 0.3 is 5.97 Å². The van der Waals surface area contributed by atoms with Gasteiger partial charge in [0.15, 0.2) is 0 Å². The Kier molecular flexibility index (Phi) is 2.31. The van der Waals surface area contributed by atoms with Crippen LogP contribution >= 0.6 is 15.9 Å². The van der Waals surface area contributed by atoms with Crippen LogP contribution < -0.4 is 0 Å². The van der Waals surface area contributed by atoms with Gasteiger partial charge in [-0.05, 0) is 40.9 Å². The van der Waals surface area contributed by atoms with Crippen molar-refractivity contribution in [2.45, 2.75) is 18.3 Å². The summed E-state index contributed by atoms with van der Waals surface area (Å²) in [6.07, 6.45) is 1.67.